The van der Waals surface area contributed by atoms with Gasteiger partial charge in [-0.3, -0.25) is 0 Å². The number of fused-ring (bicyclic) bond motifs is 1. The SMILES string of the molecule is C[C@H](O)[C@H]1C[C@H]2C(C)(C)CCC[C@]2(C)[C@H]1CO. The second-order valence-electron chi connectivity index (χ2n) is 7.33. The van der Waals surface area contributed by atoms with Gasteiger partial charge < -0.3 is 10.2 Å². The summed E-state index contributed by atoms with van der Waals surface area (Å²) in [6.07, 6.45) is 4.58. The molecule has 0 amide bonds. The number of aliphatic hydroxyl groups is 2. The first kappa shape index (κ1) is 13.4. The molecule has 0 spiro atoms. The van der Waals surface area contributed by atoms with E-state index in [4.69, 9.17) is 0 Å². The molecule has 0 radical (unpaired) electrons. The minimum Gasteiger partial charge on any atom is -0.396 e. The largest absolute Gasteiger partial charge is 0.396 e. The average Bonchev–Trinajstić information content (AvgIpc) is 2.51. The van der Waals surface area contributed by atoms with Gasteiger partial charge in [-0.1, -0.05) is 27.2 Å². The molecule has 2 rings (SSSR count). The molecule has 2 aliphatic rings. The Kier molecular flexibility index (Phi) is 3.33. The zero-order valence-electron chi connectivity index (χ0n) is 11.7. The van der Waals surface area contributed by atoms with Gasteiger partial charge in [0.15, 0.2) is 0 Å². The number of rotatable bonds is 2. The maximum Gasteiger partial charge on any atom is 0.0544 e. The van der Waals surface area contributed by atoms with E-state index in [9.17, 15) is 10.2 Å². The molecule has 0 bridgehead atoms. The molecule has 2 heteroatoms. The summed E-state index contributed by atoms with van der Waals surface area (Å²) < 4.78 is 0. The lowest BCUT2D eigenvalue weighted by Gasteiger charge is -2.49. The summed E-state index contributed by atoms with van der Waals surface area (Å²) in [7, 11) is 0. The Morgan fingerprint density at radius 1 is 1.24 bits per heavy atom. The van der Waals surface area contributed by atoms with Crippen LogP contribution in [-0.4, -0.2) is 22.9 Å². The molecule has 2 saturated carbocycles. The molecule has 2 nitrogen and oxygen atoms in total. The second-order valence-corrected chi connectivity index (χ2v) is 7.33. The maximum atomic E-state index is 9.97. The first-order valence-corrected chi connectivity index (χ1v) is 7.12. The van der Waals surface area contributed by atoms with Crippen molar-refractivity contribution in [2.45, 2.75) is 59.5 Å². The van der Waals surface area contributed by atoms with Crippen LogP contribution in [0.4, 0.5) is 0 Å². The van der Waals surface area contributed by atoms with E-state index in [0.717, 1.165) is 6.42 Å². The minimum atomic E-state index is -0.287. The highest BCUT2D eigenvalue weighted by atomic mass is 16.3. The Bertz CT molecular complexity index is 285. The van der Waals surface area contributed by atoms with Gasteiger partial charge in [0.2, 0.25) is 0 Å². The van der Waals surface area contributed by atoms with E-state index in [1.165, 1.54) is 19.3 Å². The Balaban J connectivity index is 2.33. The first-order chi connectivity index (χ1) is 7.83. The molecular formula is C15H28O2. The normalized spacial score (nSPS) is 46.6. The fourth-order valence-corrected chi connectivity index (χ4v) is 5.00. The van der Waals surface area contributed by atoms with Gasteiger partial charge in [-0.2, -0.15) is 0 Å². The molecular weight excluding hydrogens is 212 g/mol. The van der Waals surface area contributed by atoms with Crippen molar-refractivity contribution in [3.05, 3.63) is 0 Å². The Labute approximate surface area is 105 Å². The van der Waals surface area contributed by atoms with Crippen LogP contribution >= 0.6 is 0 Å². The van der Waals surface area contributed by atoms with Gasteiger partial charge in [-0.05, 0) is 54.8 Å². The quantitative estimate of drug-likeness (QED) is 0.779. The van der Waals surface area contributed by atoms with Crippen LogP contribution in [-0.2, 0) is 0 Å². The van der Waals surface area contributed by atoms with Crippen molar-refractivity contribution in [3.63, 3.8) is 0 Å². The van der Waals surface area contributed by atoms with Gasteiger partial charge in [0.25, 0.3) is 0 Å². The van der Waals surface area contributed by atoms with E-state index in [2.05, 4.69) is 20.8 Å². The lowest BCUT2D eigenvalue weighted by atomic mass is 9.56. The van der Waals surface area contributed by atoms with Crippen molar-refractivity contribution in [3.8, 4) is 0 Å². The maximum absolute atomic E-state index is 9.97. The Morgan fingerprint density at radius 2 is 1.88 bits per heavy atom. The molecule has 2 fully saturated rings. The molecule has 2 aliphatic carbocycles. The van der Waals surface area contributed by atoms with E-state index in [0.29, 0.717) is 11.3 Å². The number of hydrogen-bond acceptors (Lipinski definition) is 2. The van der Waals surface area contributed by atoms with Gasteiger partial charge in [0.1, 0.15) is 0 Å². The predicted octanol–water partition coefficient (Wildman–Crippen LogP) is 2.83. The van der Waals surface area contributed by atoms with E-state index < -0.39 is 0 Å². The summed E-state index contributed by atoms with van der Waals surface area (Å²) in [4.78, 5) is 0. The molecule has 0 aromatic rings. The summed E-state index contributed by atoms with van der Waals surface area (Å²) in [6.45, 7) is 9.21. The molecule has 0 saturated heterocycles. The highest BCUT2D eigenvalue weighted by Gasteiger charge is 2.58. The van der Waals surface area contributed by atoms with Crippen molar-refractivity contribution in [2.24, 2.45) is 28.6 Å². The molecule has 0 heterocycles. The Morgan fingerprint density at radius 3 is 2.41 bits per heavy atom. The van der Waals surface area contributed by atoms with Crippen LogP contribution in [0.5, 0.6) is 0 Å². The van der Waals surface area contributed by atoms with Crippen molar-refractivity contribution >= 4 is 0 Å². The third kappa shape index (κ3) is 1.94. The molecule has 0 aliphatic heterocycles. The molecule has 5 atom stereocenters. The zero-order chi connectivity index (χ0) is 12.8. The number of aliphatic hydroxyl groups excluding tert-OH is 2. The predicted molar refractivity (Wildman–Crippen MR) is 69.6 cm³/mol. The second kappa shape index (κ2) is 4.24. The summed E-state index contributed by atoms with van der Waals surface area (Å²) in [5.74, 6) is 1.22. The summed E-state index contributed by atoms with van der Waals surface area (Å²) >= 11 is 0. The van der Waals surface area contributed by atoms with Crippen LogP contribution < -0.4 is 0 Å². The van der Waals surface area contributed by atoms with Crippen LogP contribution in [0.1, 0.15) is 53.4 Å². The molecule has 0 aromatic carbocycles. The minimum absolute atomic E-state index is 0.234. The smallest absolute Gasteiger partial charge is 0.0544 e. The molecule has 0 aromatic heterocycles. The van der Waals surface area contributed by atoms with E-state index in [1.807, 2.05) is 6.92 Å². The average molecular weight is 240 g/mol. The molecule has 2 N–H and O–H groups in total. The van der Waals surface area contributed by atoms with Crippen LogP contribution in [0.15, 0.2) is 0 Å². The fraction of sp³-hybridized carbons (Fsp3) is 1.00. The van der Waals surface area contributed by atoms with Gasteiger partial charge in [0, 0.05) is 6.61 Å². The summed E-state index contributed by atoms with van der Waals surface area (Å²) in [5, 5.41) is 19.7. The summed E-state index contributed by atoms with van der Waals surface area (Å²) in [6, 6.07) is 0. The number of hydrogen-bond donors (Lipinski definition) is 2. The van der Waals surface area contributed by atoms with E-state index in [-0.39, 0.29) is 30.0 Å². The standard InChI is InChI=1S/C15H28O2/c1-10(17)11-8-13-14(2,3)6-5-7-15(13,4)12(11)9-16/h10-13,16-17H,5-9H2,1-4H3/t10-,11+,12-,13-,15+/m0/s1. The molecule has 17 heavy (non-hydrogen) atoms. The van der Waals surface area contributed by atoms with Crippen molar-refractivity contribution in [2.75, 3.05) is 6.61 Å². The van der Waals surface area contributed by atoms with Crippen LogP contribution in [0.2, 0.25) is 0 Å². The van der Waals surface area contributed by atoms with Crippen molar-refractivity contribution in [1.82, 2.24) is 0 Å². The van der Waals surface area contributed by atoms with Crippen molar-refractivity contribution < 1.29 is 10.2 Å². The van der Waals surface area contributed by atoms with E-state index >= 15 is 0 Å². The monoisotopic (exact) mass is 240 g/mol. The highest BCUT2D eigenvalue weighted by molar-refractivity contribution is 5.06. The highest BCUT2D eigenvalue weighted by Crippen LogP contribution is 2.63. The summed E-state index contributed by atoms with van der Waals surface area (Å²) in [5.41, 5.74) is 0.599. The Hall–Kier alpha value is -0.0800. The third-order valence-corrected chi connectivity index (χ3v) is 5.96. The molecule has 0 unspecified atom stereocenters. The van der Waals surface area contributed by atoms with E-state index in [1.54, 1.807) is 0 Å². The first-order valence-electron chi connectivity index (χ1n) is 7.12. The van der Waals surface area contributed by atoms with Gasteiger partial charge in [-0.15, -0.1) is 0 Å². The topological polar surface area (TPSA) is 40.5 Å². The lowest BCUT2D eigenvalue weighted by Crippen LogP contribution is -2.43. The van der Waals surface area contributed by atoms with Crippen LogP contribution in [0.25, 0.3) is 0 Å². The van der Waals surface area contributed by atoms with Gasteiger partial charge >= 0.3 is 0 Å². The zero-order valence-corrected chi connectivity index (χ0v) is 11.7. The molecule has 100 valence electrons. The third-order valence-electron chi connectivity index (χ3n) is 5.96. The van der Waals surface area contributed by atoms with Gasteiger partial charge in [0.05, 0.1) is 6.10 Å². The van der Waals surface area contributed by atoms with Crippen LogP contribution in [0.3, 0.4) is 0 Å². The van der Waals surface area contributed by atoms with Gasteiger partial charge in [-0.25, -0.2) is 0 Å². The fourth-order valence-electron chi connectivity index (χ4n) is 5.00. The van der Waals surface area contributed by atoms with Crippen LogP contribution in [0, 0.1) is 28.6 Å². The van der Waals surface area contributed by atoms with Crippen molar-refractivity contribution in [1.29, 1.82) is 0 Å². The lowest BCUT2D eigenvalue weighted by molar-refractivity contribution is -0.0233.